The molecule has 0 aliphatic heterocycles. The Kier molecular flexibility index (Phi) is 4.02. The number of amides is 1. The minimum absolute atomic E-state index is 0.0513. The van der Waals surface area contributed by atoms with Crippen LogP contribution in [0.2, 0.25) is 0 Å². The summed E-state index contributed by atoms with van der Waals surface area (Å²) >= 11 is 0. The largest absolute Gasteiger partial charge is 0.409 e. The van der Waals surface area contributed by atoms with Gasteiger partial charge in [-0.05, 0) is 6.92 Å². The molecule has 5 nitrogen and oxygen atoms in total. The number of hydrogen-bond acceptors (Lipinski definition) is 3. The van der Waals surface area contributed by atoms with Gasteiger partial charge in [0.15, 0.2) is 0 Å². The summed E-state index contributed by atoms with van der Waals surface area (Å²) in [5, 5.41) is 13.2. The van der Waals surface area contributed by atoms with Crippen LogP contribution in [0.4, 0.5) is 0 Å². The second-order valence-electron chi connectivity index (χ2n) is 1.72. The Balaban J connectivity index is 3.58. The molecule has 0 aromatic rings. The summed E-state index contributed by atoms with van der Waals surface area (Å²) in [6.45, 7) is 2.35. The van der Waals surface area contributed by atoms with Gasteiger partial charge in [0, 0.05) is 6.54 Å². The number of nitrogens with one attached hydrogen (secondary N) is 1. The number of nitrogens with two attached hydrogens (primary N) is 1. The smallest absolute Gasteiger partial charge is 0.227 e. The number of oxime groups is 1. The highest BCUT2D eigenvalue weighted by Crippen LogP contribution is 1.78. The van der Waals surface area contributed by atoms with Crippen molar-refractivity contribution in [1.29, 1.82) is 0 Å². The monoisotopic (exact) mass is 145 g/mol. The van der Waals surface area contributed by atoms with E-state index in [2.05, 4.69) is 10.5 Å². The standard InChI is InChI=1S/C5H11N3O2/c1-2-7-5(9)3-4(6)8-10/h10H,2-3H2,1H3,(H2,6,8)(H,7,9). The van der Waals surface area contributed by atoms with Gasteiger partial charge >= 0.3 is 0 Å². The van der Waals surface area contributed by atoms with Gasteiger partial charge in [0.25, 0.3) is 0 Å². The van der Waals surface area contributed by atoms with Crippen LogP contribution >= 0.6 is 0 Å². The molecule has 0 aromatic carbocycles. The van der Waals surface area contributed by atoms with Crippen molar-refractivity contribution in [2.45, 2.75) is 13.3 Å². The topological polar surface area (TPSA) is 87.7 Å². The summed E-state index contributed by atoms with van der Waals surface area (Å²) in [5.41, 5.74) is 5.04. The Labute approximate surface area is 58.9 Å². The highest BCUT2D eigenvalue weighted by molar-refractivity contribution is 5.98. The van der Waals surface area contributed by atoms with E-state index in [-0.39, 0.29) is 18.2 Å². The molecule has 0 bridgehead atoms. The fourth-order valence-electron chi connectivity index (χ4n) is 0.460. The number of rotatable bonds is 3. The summed E-state index contributed by atoms with van der Waals surface area (Å²) in [7, 11) is 0. The average Bonchev–Trinajstić information content (AvgIpc) is 1.88. The summed E-state index contributed by atoms with van der Waals surface area (Å²) < 4.78 is 0. The van der Waals surface area contributed by atoms with Crippen molar-refractivity contribution >= 4 is 11.7 Å². The van der Waals surface area contributed by atoms with Crippen LogP contribution in [0, 0.1) is 0 Å². The van der Waals surface area contributed by atoms with Crippen molar-refractivity contribution in [2.75, 3.05) is 6.54 Å². The molecule has 0 spiro atoms. The number of amidine groups is 1. The minimum Gasteiger partial charge on any atom is -0.409 e. The van der Waals surface area contributed by atoms with Gasteiger partial charge < -0.3 is 16.3 Å². The van der Waals surface area contributed by atoms with Crippen LogP contribution in [0.1, 0.15) is 13.3 Å². The van der Waals surface area contributed by atoms with E-state index < -0.39 is 0 Å². The Morgan fingerprint density at radius 2 is 2.40 bits per heavy atom. The molecule has 0 radical (unpaired) electrons. The molecule has 0 saturated heterocycles. The highest BCUT2D eigenvalue weighted by atomic mass is 16.4. The fraction of sp³-hybridized carbons (Fsp3) is 0.600. The first-order valence-electron chi connectivity index (χ1n) is 2.93. The molecule has 0 fully saturated rings. The van der Waals surface area contributed by atoms with Crippen molar-refractivity contribution in [2.24, 2.45) is 10.9 Å². The molecule has 0 aliphatic rings. The normalized spacial score (nSPS) is 11.1. The molecule has 1 amide bonds. The second-order valence-corrected chi connectivity index (χ2v) is 1.72. The first-order valence-corrected chi connectivity index (χ1v) is 2.93. The molecule has 0 saturated carbocycles. The maximum Gasteiger partial charge on any atom is 0.227 e. The first kappa shape index (κ1) is 8.74. The molecular formula is C5H11N3O2. The molecular weight excluding hydrogens is 134 g/mol. The van der Waals surface area contributed by atoms with Crippen LogP contribution in [-0.4, -0.2) is 23.5 Å². The first-order chi connectivity index (χ1) is 4.70. The third-order valence-corrected chi connectivity index (χ3v) is 0.844. The lowest BCUT2D eigenvalue weighted by atomic mass is 10.4. The van der Waals surface area contributed by atoms with Gasteiger partial charge in [-0.15, -0.1) is 0 Å². The molecule has 4 N–H and O–H groups in total. The van der Waals surface area contributed by atoms with E-state index >= 15 is 0 Å². The second kappa shape index (κ2) is 4.60. The lowest BCUT2D eigenvalue weighted by Crippen LogP contribution is -2.28. The Hall–Kier alpha value is -1.26. The zero-order valence-corrected chi connectivity index (χ0v) is 5.79. The molecule has 0 unspecified atom stereocenters. The van der Waals surface area contributed by atoms with Gasteiger partial charge in [-0.3, -0.25) is 4.79 Å². The molecule has 10 heavy (non-hydrogen) atoms. The van der Waals surface area contributed by atoms with E-state index in [1.807, 2.05) is 0 Å². The number of hydrogen-bond donors (Lipinski definition) is 3. The van der Waals surface area contributed by atoms with Gasteiger partial charge in [-0.2, -0.15) is 0 Å². The van der Waals surface area contributed by atoms with Crippen molar-refractivity contribution in [3.63, 3.8) is 0 Å². The van der Waals surface area contributed by atoms with Crippen molar-refractivity contribution in [3.05, 3.63) is 0 Å². The van der Waals surface area contributed by atoms with E-state index in [1.54, 1.807) is 6.92 Å². The van der Waals surface area contributed by atoms with Crippen molar-refractivity contribution < 1.29 is 10.0 Å². The molecule has 58 valence electrons. The molecule has 0 aromatic heterocycles. The maximum absolute atomic E-state index is 10.6. The molecule has 0 aliphatic carbocycles. The van der Waals surface area contributed by atoms with Crippen LogP contribution in [0.25, 0.3) is 0 Å². The molecule has 0 atom stereocenters. The fourth-order valence-corrected chi connectivity index (χ4v) is 0.460. The summed E-state index contributed by atoms with van der Waals surface area (Å²) in [4.78, 5) is 10.6. The van der Waals surface area contributed by atoms with E-state index in [4.69, 9.17) is 10.9 Å². The Morgan fingerprint density at radius 3 is 2.80 bits per heavy atom. The van der Waals surface area contributed by atoms with Gasteiger partial charge in [0.2, 0.25) is 5.91 Å². The predicted molar refractivity (Wildman–Crippen MR) is 36.7 cm³/mol. The molecule has 0 rings (SSSR count). The Bertz CT molecular complexity index is 144. The van der Waals surface area contributed by atoms with Crippen molar-refractivity contribution in [3.8, 4) is 0 Å². The quantitative estimate of drug-likeness (QED) is 0.211. The zero-order chi connectivity index (χ0) is 7.98. The van der Waals surface area contributed by atoms with Crippen LogP contribution in [-0.2, 0) is 4.79 Å². The van der Waals surface area contributed by atoms with Gasteiger partial charge in [-0.25, -0.2) is 0 Å². The van der Waals surface area contributed by atoms with E-state index in [1.165, 1.54) is 0 Å². The summed E-state index contributed by atoms with van der Waals surface area (Å²) in [6.07, 6.45) is -0.0513. The molecule has 5 heteroatoms. The molecule has 0 heterocycles. The summed E-state index contributed by atoms with van der Waals surface area (Å²) in [5.74, 6) is -0.316. The van der Waals surface area contributed by atoms with Crippen molar-refractivity contribution in [1.82, 2.24) is 5.32 Å². The number of nitrogens with zero attached hydrogens (tertiary/aromatic N) is 1. The lowest BCUT2D eigenvalue weighted by molar-refractivity contribution is -0.119. The van der Waals surface area contributed by atoms with Gasteiger partial charge in [-0.1, -0.05) is 5.16 Å². The Morgan fingerprint density at radius 1 is 1.80 bits per heavy atom. The van der Waals surface area contributed by atoms with Gasteiger partial charge in [0.1, 0.15) is 5.84 Å². The average molecular weight is 145 g/mol. The third kappa shape index (κ3) is 3.71. The number of carbonyl (C=O) groups excluding carboxylic acids is 1. The maximum atomic E-state index is 10.6. The highest BCUT2D eigenvalue weighted by Gasteiger charge is 2.01. The third-order valence-electron chi connectivity index (χ3n) is 0.844. The minimum atomic E-state index is -0.238. The zero-order valence-electron chi connectivity index (χ0n) is 5.79. The van der Waals surface area contributed by atoms with Crippen LogP contribution in [0.5, 0.6) is 0 Å². The SMILES string of the molecule is CCNC(=O)C/C(N)=N/O. The predicted octanol–water partition coefficient (Wildman–Crippen LogP) is -0.741. The van der Waals surface area contributed by atoms with Crippen LogP contribution in [0.3, 0.4) is 0 Å². The summed E-state index contributed by atoms with van der Waals surface area (Å²) in [6, 6.07) is 0. The lowest BCUT2D eigenvalue weighted by Gasteiger charge is -1.98. The van der Waals surface area contributed by atoms with E-state index in [0.29, 0.717) is 6.54 Å². The number of carbonyl (C=O) groups is 1. The van der Waals surface area contributed by atoms with Crippen LogP contribution < -0.4 is 11.1 Å². The van der Waals surface area contributed by atoms with E-state index in [9.17, 15) is 4.79 Å². The van der Waals surface area contributed by atoms with E-state index in [0.717, 1.165) is 0 Å². The van der Waals surface area contributed by atoms with Gasteiger partial charge in [0.05, 0.1) is 6.42 Å². The van der Waals surface area contributed by atoms with Crippen LogP contribution in [0.15, 0.2) is 5.16 Å².